The zero-order chi connectivity index (χ0) is 20.1. The lowest BCUT2D eigenvalue weighted by Gasteiger charge is -2.23. The minimum absolute atomic E-state index is 0.118. The molecule has 0 unspecified atom stereocenters. The van der Waals surface area contributed by atoms with Crippen molar-refractivity contribution in [3.63, 3.8) is 0 Å². The Morgan fingerprint density at radius 3 is 2.83 bits per heavy atom. The molecule has 0 bridgehead atoms. The number of thioether (sulfide) groups is 1. The summed E-state index contributed by atoms with van der Waals surface area (Å²) in [6.07, 6.45) is -0.487. The molecule has 9 heteroatoms. The standard InChI is InChI=1S/C20H19N3O5S/c1-2-25-14-8-4-3-7-13(14)21-18(24)12-29-20-23-22-19(28-20)17-11-26-15-9-5-6-10-16(15)27-17/h3-10,17H,2,11-12H2,1H3,(H,21,24)/t17-/m1/s1. The Morgan fingerprint density at radius 2 is 1.97 bits per heavy atom. The molecular formula is C20H19N3O5S. The number of hydrogen-bond acceptors (Lipinski definition) is 8. The highest BCUT2D eigenvalue weighted by Crippen LogP contribution is 2.36. The molecule has 1 aliphatic rings. The van der Waals surface area contributed by atoms with E-state index in [1.54, 1.807) is 12.1 Å². The number of carbonyl (C=O) groups is 1. The van der Waals surface area contributed by atoms with E-state index in [1.807, 2.05) is 43.3 Å². The summed E-state index contributed by atoms with van der Waals surface area (Å²) < 4.78 is 22.6. The van der Waals surface area contributed by atoms with Crippen LogP contribution in [0.25, 0.3) is 0 Å². The SMILES string of the molecule is CCOc1ccccc1NC(=O)CSc1nnc([C@H]2COc3ccccc3O2)o1. The molecular weight excluding hydrogens is 394 g/mol. The number of fused-ring (bicyclic) bond motifs is 1. The molecule has 0 saturated heterocycles. The van der Waals surface area contributed by atoms with Crippen molar-refractivity contribution in [2.75, 3.05) is 24.3 Å². The fourth-order valence-corrected chi connectivity index (χ4v) is 3.28. The van der Waals surface area contributed by atoms with Crippen LogP contribution in [0, 0.1) is 0 Å². The molecule has 2 heterocycles. The molecule has 2 aromatic carbocycles. The van der Waals surface area contributed by atoms with E-state index < -0.39 is 6.10 Å². The van der Waals surface area contributed by atoms with E-state index in [0.29, 0.717) is 35.4 Å². The lowest BCUT2D eigenvalue weighted by molar-refractivity contribution is -0.113. The van der Waals surface area contributed by atoms with Crippen molar-refractivity contribution in [3.8, 4) is 17.2 Å². The lowest BCUT2D eigenvalue weighted by atomic mass is 10.2. The van der Waals surface area contributed by atoms with E-state index in [2.05, 4.69) is 15.5 Å². The zero-order valence-electron chi connectivity index (χ0n) is 15.7. The topological polar surface area (TPSA) is 95.7 Å². The average molecular weight is 413 g/mol. The number of aromatic nitrogens is 2. The second-order valence-electron chi connectivity index (χ2n) is 6.04. The first-order valence-corrected chi connectivity index (χ1v) is 10.1. The third-order valence-electron chi connectivity index (χ3n) is 3.99. The van der Waals surface area contributed by atoms with Gasteiger partial charge in [-0.15, -0.1) is 10.2 Å². The van der Waals surface area contributed by atoms with Gasteiger partial charge >= 0.3 is 0 Å². The van der Waals surface area contributed by atoms with Crippen LogP contribution in [0.1, 0.15) is 18.9 Å². The Morgan fingerprint density at radius 1 is 1.17 bits per heavy atom. The van der Waals surface area contributed by atoms with E-state index in [1.165, 1.54) is 0 Å². The smallest absolute Gasteiger partial charge is 0.277 e. The second kappa shape index (κ2) is 8.87. The lowest BCUT2D eigenvalue weighted by Crippen LogP contribution is -2.21. The Bertz CT molecular complexity index is 994. The summed E-state index contributed by atoms with van der Waals surface area (Å²) in [6.45, 7) is 2.68. The molecule has 1 aromatic heterocycles. The minimum atomic E-state index is -0.487. The molecule has 0 aliphatic carbocycles. The van der Waals surface area contributed by atoms with Crippen molar-refractivity contribution in [2.24, 2.45) is 0 Å². The Labute approximate surface area is 171 Å². The Hall–Kier alpha value is -3.20. The van der Waals surface area contributed by atoms with Crippen molar-refractivity contribution in [3.05, 3.63) is 54.4 Å². The minimum Gasteiger partial charge on any atom is -0.492 e. The van der Waals surface area contributed by atoms with Crippen LogP contribution in [0.5, 0.6) is 17.2 Å². The number of para-hydroxylation sites is 4. The summed E-state index contributed by atoms with van der Waals surface area (Å²) in [5.74, 6) is 2.16. The van der Waals surface area contributed by atoms with E-state index >= 15 is 0 Å². The fourth-order valence-electron chi connectivity index (χ4n) is 2.71. The van der Waals surface area contributed by atoms with Gasteiger partial charge in [0.25, 0.3) is 11.1 Å². The monoisotopic (exact) mass is 413 g/mol. The third kappa shape index (κ3) is 4.62. The van der Waals surface area contributed by atoms with Crippen LogP contribution < -0.4 is 19.5 Å². The number of amides is 1. The van der Waals surface area contributed by atoms with Gasteiger partial charge in [-0.2, -0.15) is 0 Å². The molecule has 0 saturated carbocycles. The van der Waals surface area contributed by atoms with Crippen LogP contribution in [0.15, 0.2) is 58.2 Å². The summed E-state index contributed by atoms with van der Waals surface area (Å²) in [5.41, 5.74) is 0.623. The summed E-state index contributed by atoms with van der Waals surface area (Å²) >= 11 is 1.15. The molecule has 4 rings (SSSR count). The molecule has 8 nitrogen and oxygen atoms in total. The van der Waals surface area contributed by atoms with Crippen LogP contribution in [-0.4, -0.2) is 35.1 Å². The predicted molar refractivity (Wildman–Crippen MR) is 107 cm³/mol. The fraction of sp³-hybridized carbons (Fsp3) is 0.250. The van der Waals surface area contributed by atoms with Gasteiger partial charge in [-0.1, -0.05) is 36.0 Å². The van der Waals surface area contributed by atoms with Crippen molar-refractivity contribution < 1.29 is 23.4 Å². The van der Waals surface area contributed by atoms with E-state index in [9.17, 15) is 4.79 Å². The van der Waals surface area contributed by atoms with Gasteiger partial charge in [-0.25, -0.2) is 0 Å². The van der Waals surface area contributed by atoms with Crippen molar-refractivity contribution in [2.45, 2.75) is 18.3 Å². The molecule has 1 N–H and O–H groups in total. The van der Waals surface area contributed by atoms with Gasteiger partial charge in [0, 0.05) is 0 Å². The van der Waals surface area contributed by atoms with Crippen molar-refractivity contribution in [1.82, 2.24) is 10.2 Å². The predicted octanol–water partition coefficient (Wildman–Crippen LogP) is 3.71. The van der Waals surface area contributed by atoms with Gasteiger partial charge in [-0.3, -0.25) is 4.79 Å². The summed E-state index contributed by atoms with van der Waals surface area (Å²) in [7, 11) is 0. The van der Waals surface area contributed by atoms with Crippen LogP contribution in [0.2, 0.25) is 0 Å². The van der Waals surface area contributed by atoms with Gasteiger partial charge in [0.15, 0.2) is 11.5 Å². The zero-order valence-corrected chi connectivity index (χ0v) is 16.5. The van der Waals surface area contributed by atoms with E-state index in [4.69, 9.17) is 18.6 Å². The maximum atomic E-state index is 12.3. The Kier molecular flexibility index (Phi) is 5.85. The van der Waals surface area contributed by atoms with Gasteiger partial charge in [0.2, 0.25) is 12.0 Å². The number of carbonyl (C=O) groups excluding carboxylic acids is 1. The molecule has 29 heavy (non-hydrogen) atoms. The molecule has 1 amide bonds. The largest absolute Gasteiger partial charge is 0.492 e. The Balaban J connectivity index is 1.33. The number of rotatable bonds is 7. The molecule has 0 radical (unpaired) electrons. The van der Waals surface area contributed by atoms with E-state index in [-0.39, 0.29) is 23.5 Å². The molecule has 3 aromatic rings. The quantitative estimate of drug-likeness (QED) is 0.586. The first-order chi connectivity index (χ1) is 14.2. The van der Waals surface area contributed by atoms with Gasteiger partial charge < -0.3 is 23.9 Å². The maximum absolute atomic E-state index is 12.3. The summed E-state index contributed by atoms with van der Waals surface area (Å²) in [5, 5.41) is 11.1. The first-order valence-electron chi connectivity index (χ1n) is 9.09. The highest BCUT2D eigenvalue weighted by molar-refractivity contribution is 7.99. The number of ether oxygens (including phenoxy) is 3. The van der Waals surface area contributed by atoms with Crippen molar-refractivity contribution >= 4 is 23.4 Å². The molecule has 0 fully saturated rings. The maximum Gasteiger partial charge on any atom is 0.277 e. The summed E-state index contributed by atoms with van der Waals surface area (Å²) in [6, 6.07) is 14.7. The molecule has 0 spiro atoms. The van der Waals surface area contributed by atoms with E-state index in [0.717, 1.165) is 11.8 Å². The third-order valence-corrected chi connectivity index (χ3v) is 4.81. The van der Waals surface area contributed by atoms with Crippen molar-refractivity contribution in [1.29, 1.82) is 0 Å². The van der Waals surface area contributed by atoms with Crippen LogP contribution in [0.4, 0.5) is 5.69 Å². The normalized spacial score (nSPS) is 15.0. The molecule has 150 valence electrons. The number of anilines is 1. The number of nitrogens with one attached hydrogen (secondary N) is 1. The van der Waals surface area contributed by atoms with Gasteiger partial charge in [0.05, 0.1) is 18.0 Å². The number of benzene rings is 2. The summed E-state index contributed by atoms with van der Waals surface area (Å²) in [4.78, 5) is 12.3. The van der Waals surface area contributed by atoms with Gasteiger partial charge in [0.1, 0.15) is 12.4 Å². The molecule has 1 atom stereocenters. The molecule has 1 aliphatic heterocycles. The van der Waals surface area contributed by atoms with Gasteiger partial charge in [-0.05, 0) is 31.2 Å². The van der Waals surface area contributed by atoms with Crippen LogP contribution in [-0.2, 0) is 4.79 Å². The van der Waals surface area contributed by atoms with Crippen LogP contribution in [0.3, 0.4) is 0 Å². The first kappa shape index (κ1) is 19.1. The highest BCUT2D eigenvalue weighted by atomic mass is 32.2. The van der Waals surface area contributed by atoms with Crippen LogP contribution >= 0.6 is 11.8 Å². The average Bonchev–Trinajstić information content (AvgIpc) is 3.23. The highest BCUT2D eigenvalue weighted by Gasteiger charge is 2.27. The second-order valence-corrected chi connectivity index (χ2v) is 6.96. The number of nitrogens with zero attached hydrogens (tertiary/aromatic N) is 2. The number of hydrogen-bond donors (Lipinski definition) is 1.